The second kappa shape index (κ2) is 5.81. The zero-order chi connectivity index (χ0) is 16.6. The van der Waals surface area contributed by atoms with Crippen LogP contribution in [0, 0.1) is 6.92 Å². The number of carbonyl (C=O) groups is 1. The Hall–Kier alpha value is -2.14. The van der Waals surface area contributed by atoms with E-state index < -0.39 is 10.0 Å². The molecule has 0 spiro atoms. The van der Waals surface area contributed by atoms with E-state index in [9.17, 15) is 13.2 Å². The van der Waals surface area contributed by atoms with Crippen molar-refractivity contribution in [2.75, 3.05) is 10.8 Å². The highest BCUT2D eigenvalue weighted by molar-refractivity contribution is 7.92. The summed E-state index contributed by atoms with van der Waals surface area (Å²) in [7, 11) is -3.58. The van der Waals surface area contributed by atoms with Crippen LogP contribution in [0.1, 0.15) is 34.8 Å². The zero-order valence-corrected chi connectivity index (χ0v) is 14.1. The largest absolute Gasteiger partial charge is 0.295 e. The van der Waals surface area contributed by atoms with E-state index in [4.69, 9.17) is 0 Å². The number of aryl methyl sites for hydroxylation is 2. The molecule has 0 atom stereocenters. The van der Waals surface area contributed by atoms with Crippen LogP contribution in [0.3, 0.4) is 0 Å². The lowest BCUT2D eigenvalue weighted by atomic mass is 9.99. The van der Waals surface area contributed by atoms with E-state index in [2.05, 4.69) is 0 Å². The Balaban J connectivity index is 2.08. The molecule has 0 unspecified atom stereocenters. The van der Waals surface area contributed by atoms with Crippen molar-refractivity contribution in [3.05, 3.63) is 59.2 Å². The molecule has 0 radical (unpaired) electrons. The molecule has 0 saturated carbocycles. The van der Waals surface area contributed by atoms with Crippen molar-refractivity contribution in [2.24, 2.45) is 0 Å². The van der Waals surface area contributed by atoms with Gasteiger partial charge in [-0.05, 0) is 68.1 Å². The number of hydrogen-bond donors (Lipinski definition) is 0. The number of ketones is 1. The maximum atomic E-state index is 13.0. The van der Waals surface area contributed by atoms with Gasteiger partial charge in [-0.15, -0.1) is 0 Å². The van der Waals surface area contributed by atoms with E-state index >= 15 is 0 Å². The highest BCUT2D eigenvalue weighted by atomic mass is 32.2. The van der Waals surface area contributed by atoms with Gasteiger partial charge in [0.25, 0.3) is 10.0 Å². The second-order valence-corrected chi connectivity index (χ2v) is 7.76. The number of anilines is 1. The second-order valence-electron chi connectivity index (χ2n) is 5.90. The van der Waals surface area contributed by atoms with Crippen molar-refractivity contribution in [1.29, 1.82) is 0 Å². The van der Waals surface area contributed by atoms with E-state index in [-0.39, 0.29) is 5.78 Å². The van der Waals surface area contributed by atoms with E-state index in [1.165, 1.54) is 11.2 Å². The number of hydrogen-bond acceptors (Lipinski definition) is 3. The average molecular weight is 329 g/mol. The molecule has 120 valence electrons. The summed E-state index contributed by atoms with van der Waals surface area (Å²) in [4.78, 5) is 11.8. The van der Waals surface area contributed by atoms with Crippen LogP contribution in [-0.4, -0.2) is 20.7 Å². The first-order chi connectivity index (χ1) is 10.9. The summed E-state index contributed by atoms with van der Waals surface area (Å²) in [6.45, 7) is 3.86. The van der Waals surface area contributed by atoms with Gasteiger partial charge in [-0.3, -0.25) is 9.10 Å². The fourth-order valence-corrected chi connectivity index (χ4v) is 4.58. The Morgan fingerprint density at radius 1 is 1.13 bits per heavy atom. The monoisotopic (exact) mass is 329 g/mol. The van der Waals surface area contributed by atoms with Crippen LogP contribution >= 0.6 is 0 Å². The molecule has 1 aliphatic heterocycles. The molecular weight excluding hydrogens is 310 g/mol. The third-order valence-electron chi connectivity index (χ3n) is 4.14. The number of carbonyl (C=O) groups excluding carboxylic acids is 1. The minimum atomic E-state index is -3.58. The number of nitrogens with zero attached hydrogens (tertiary/aromatic N) is 1. The molecule has 0 fully saturated rings. The topological polar surface area (TPSA) is 54.5 Å². The summed E-state index contributed by atoms with van der Waals surface area (Å²) in [6, 6.07) is 12.2. The number of Topliss-reactive ketones (excluding diaryl/α,β-unsaturated/α-hetero) is 1. The maximum absolute atomic E-state index is 13.0. The van der Waals surface area contributed by atoms with Crippen molar-refractivity contribution in [2.45, 2.75) is 31.6 Å². The lowest BCUT2D eigenvalue weighted by Gasteiger charge is -2.30. The zero-order valence-electron chi connectivity index (χ0n) is 13.2. The van der Waals surface area contributed by atoms with Crippen LogP contribution in [0.15, 0.2) is 47.4 Å². The van der Waals surface area contributed by atoms with Crippen molar-refractivity contribution in [3.63, 3.8) is 0 Å². The summed E-state index contributed by atoms with van der Waals surface area (Å²) >= 11 is 0. The molecule has 5 heteroatoms. The third kappa shape index (κ3) is 2.88. The van der Waals surface area contributed by atoms with E-state index in [0.29, 0.717) is 22.7 Å². The first kappa shape index (κ1) is 15.7. The quantitative estimate of drug-likeness (QED) is 0.812. The SMILES string of the molecule is CC(=O)c1ccc2c(c1)CCCN2S(=O)(=O)c1cccc(C)c1. The molecule has 4 nitrogen and oxygen atoms in total. The molecule has 0 aliphatic carbocycles. The Morgan fingerprint density at radius 3 is 2.61 bits per heavy atom. The maximum Gasteiger partial charge on any atom is 0.264 e. The summed E-state index contributed by atoms with van der Waals surface area (Å²) in [5.41, 5.74) is 3.14. The van der Waals surface area contributed by atoms with Crippen LogP contribution < -0.4 is 4.31 Å². The molecule has 1 heterocycles. The molecule has 0 saturated heterocycles. The van der Waals surface area contributed by atoms with Crippen molar-refractivity contribution < 1.29 is 13.2 Å². The summed E-state index contributed by atoms with van der Waals surface area (Å²) in [6.07, 6.45) is 1.54. The van der Waals surface area contributed by atoms with Gasteiger partial charge in [0.2, 0.25) is 0 Å². The predicted molar refractivity (Wildman–Crippen MR) is 90.5 cm³/mol. The van der Waals surface area contributed by atoms with Gasteiger partial charge < -0.3 is 0 Å². The van der Waals surface area contributed by atoms with E-state index in [0.717, 1.165) is 24.0 Å². The Morgan fingerprint density at radius 2 is 1.91 bits per heavy atom. The molecule has 3 rings (SSSR count). The number of sulfonamides is 1. The van der Waals surface area contributed by atoms with Crippen molar-refractivity contribution in [1.82, 2.24) is 0 Å². The number of fused-ring (bicyclic) bond motifs is 1. The molecule has 0 amide bonds. The molecular formula is C18H19NO3S. The molecule has 2 aromatic carbocycles. The third-order valence-corrected chi connectivity index (χ3v) is 5.95. The van der Waals surface area contributed by atoms with Crippen LogP contribution in [0.4, 0.5) is 5.69 Å². The van der Waals surface area contributed by atoms with Gasteiger partial charge in [-0.1, -0.05) is 12.1 Å². The van der Waals surface area contributed by atoms with Gasteiger partial charge in [-0.2, -0.15) is 0 Å². The fourth-order valence-electron chi connectivity index (χ4n) is 2.93. The van der Waals surface area contributed by atoms with Gasteiger partial charge in [-0.25, -0.2) is 8.42 Å². The van der Waals surface area contributed by atoms with Gasteiger partial charge in [0.15, 0.2) is 5.78 Å². The highest BCUT2D eigenvalue weighted by Crippen LogP contribution is 2.32. The van der Waals surface area contributed by atoms with Gasteiger partial charge in [0, 0.05) is 12.1 Å². The van der Waals surface area contributed by atoms with E-state index in [1.54, 1.807) is 30.3 Å². The first-order valence-corrected chi connectivity index (χ1v) is 9.07. The van der Waals surface area contributed by atoms with Crippen molar-refractivity contribution in [3.8, 4) is 0 Å². The minimum Gasteiger partial charge on any atom is -0.295 e. The molecule has 2 aromatic rings. The normalized spacial score (nSPS) is 14.4. The van der Waals surface area contributed by atoms with Gasteiger partial charge in [0.1, 0.15) is 0 Å². The standard InChI is InChI=1S/C18H19NO3S/c1-13-5-3-7-17(11-13)23(21,22)19-10-4-6-16-12-15(14(2)20)8-9-18(16)19/h3,5,7-9,11-12H,4,6,10H2,1-2H3. The van der Waals surface area contributed by atoms with Gasteiger partial charge >= 0.3 is 0 Å². The summed E-state index contributed by atoms with van der Waals surface area (Å²) < 4.78 is 27.4. The Bertz CT molecular complexity index is 872. The average Bonchev–Trinajstić information content (AvgIpc) is 2.53. The molecule has 23 heavy (non-hydrogen) atoms. The minimum absolute atomic E-state index is 0.00790. The van der Waals surface area contributed by atoms with E-state index in [1.807, 2.05) is 19.1 Å². The predicted octanol–water partition coefficient (Wildman–Crippen LogP) is 3.34. The molecule has 0 aromatic heterocycles. The Kier molecular flexibility index (Phi) is 3.98. The molecule has 0 bridgehead atoms. The first-order valence-electron chi connectivity index (χ1n) is 7.63. The smallest absolute Gasteiger partial charge is 0.264 e. The lowest BCUT2D eigenvalue weighted by Crippen LogP contribution is -2.35. The van der Waals surface area contributed by atoms with Crippen LogP contribution in [0.5, 0.6) is 0 Å². The Labute approximate surface area is 136 Å². The number of benzene rings is 2. The van der Waals surface area contributed by atoms with Crippen LogP contribution in [0.25, 0.3) is 0 Å². The van der Waals surface area contributed by atoms with Gasteiger partial charge in [0.05, 0.1) is 10.6 Å². The fraction of sp³-hybridized carbons (Fsp3) is 0.278. The molecule has 0 N–H and O–H groups in total. The van der Waals surface area contributed by atoms with Crippen LogP contribution in [0.2, 0.25) is 0 Å². The number of rotatable bonds is 3. The summed E-state index contributed by atoms with van der Waals surface area (Å²) in [5, 5.41) is 0. The van der Waals surface area contributed by atoms with Crippen molar-refractivity contribution >= 4 is 21.5 Å². The highest BCUT2D eigenvalue weighted by Gasteiger charge is 2.29. The van der Waals surface area contributed by atoms with Crippen LogP contribution in [-0.2, 0) is 16.4 Å². The summed E-state index contributed by atoms with van der Waals surface area (Å²) in [5.74, 6) is -0.00790. The lowest BCUT2D eigenvalue weighted by molar-refractivity contribution is 0.101. The molecule has 1 aliphatic rings.